The van der Waals surface area contributed by atoms with Gasteiger partial charge in [-0.05, 0) is 42.5 Å². The van der Waals surface area contributed by atoms with Crippen LogP contribution in [0.15, 0.2) is 48.5 Å². The number of aryl methyl sites for hydroxylation is 1. The molecule has 0 bridgehead atoms. The normalized spacial score (nSPS) is 15.6. The van der Waals surface area contributed by atoms with Crippen molar-refractivity contribution in [3.05, 3.63) is 65.2 Å². The predicted octanol–water partition coefficient (Wildman–Crippen LogP) is 3.00. The van der Waals surface area contributed by atoms with Crippen LogP contribution in [0.4, 0.5) is 0 Å². The minimum Gasteiger partial charge on any atom is -0.483 e. The summed E-state index contributed by atoms with van der Waals surface area (Å²) in [6.45, 7) is 0.508. The van der Waals surface area contributed by atoms with E-state index < -0.39 is 0 Å². The molecule has 0 unspecified atom stereocenters. The van der Waals surface area contributed by atoms with Crippen LogP contribution in [0.2, 0.25) is 0 Å². The molecule has 1 aliphatic rings. The lowest BCUT2D eigenvalue weighted by Gasteiger charge is -2.25. The number of hydrogen-bond acceptors (Lipinski definition) is 3. The van der Waals surface area contributed by atoms with Crippen molar-refractivity contribution >= 4 is 11.8 Å². The summed E-state index contributed by atoms with van der Waals surface area (Å²) >= 11 is 0. The van der Waals surface area contributed by atoms with Crippen molar-refractivity contribution in [3.63, 3.8) is 0 Å². The molecular weight excluding hydrogens is 340 g/mol. The first kappa shape index (κ1) is 19.0. The molecule has 2 aromatic rings. The standard InChI is InChI=1S/C22H26N2O3/c1-24(2)21(25)15-27-20-13-6-5-12-19(20)22(26)23-14-17-10-7-9-16-8-3-4-11-18(16)17/h3-6,8,11-13,17H,7,9-10,14-15H2,1-2H3,(H,23,26)/t17-/m1/s1. The third kappa shape index (κ3) is 4.67. The average Bonchev–Trinajstić information content (AvgIpc) is 2.70. The second-order valence-electron chi connectivity index (χ2n) is 7.07. The molecule has 5 heteroatoms. The summed E-state index contributed by atoms with van der Waals surface area (Å²) in [4.78, 5) is 25.9. The number of ether oxygens (including phenoxy) is 1. The molecule has 142 valence electrons. The van der Waals surface area contributed by atoms with Gasteiger partial charge < -0.3 is 15.0 Å². The number of para-hydroxylation sites is 1. The van der Waals surface area contributed by atoms with Gasteiger partial charge in [0, 0.05) is 26.6 Å². The van der Waals surface area contributed by atoms with Gasteiger partial charge in [0.05, 0.1) is 5.56 Å². The molecule has 5 nitrogen and oxygen atoms in total. The molecule has 27 heavy (non-hydrogen) atoms. The smallest absolute Gasteiger partial charge is 0.259 e. The minimum absolute atomic E-state index is 0.0900. The van der Waals surface area contributed by atoms with E-state index in [0.29, 0.717) is 23.8 Å². The SMILES string of the molecule is CN(C)C(=O)COc1ccccc1C(=O)NC[C@H]1CCCc2ccccc21. The van der Waals surface area contributed by atoms with Gasteiger partial charge in [-0.25, -0.2) is 0 Å². The van der Waals surface area contributed by atoms with E-state index in [4.69, 9.17) is 4.74 Å². The number of amides is 2. The molecule has 0 radical (unpaired) electrons. The van der Waals surface area contributed by atoms with E-state index in [9.17, 15) is 9.59 Å². The lowest BCUT2D eigenvalue weighted by Crippen LogP contribution is -2.31. The van der Waals surface area contributed by atoms with Gasteiger partial charge in [-0.2, -0.15) is 0 Å². The summed E-state index contributed by atoms with van der Waals surface area (Å²) in [5.41, 5.74) is 3.17. The van der Waals surface area contributed by atoms with E-state index in [2.05, 4.69) is 29.6 Å². The first-order chi connectivity index (χ1) is 13.1. The molecule has 1 atom stereocenters. The number of rotatable bonds is 6. The molecule has 0 saturated heterocycles. The van der Waals surface area contributed by atoms with Crippen LogP contribution < -0.4 is 10.1 Å². The maximum absolute atomic E-state index is 12.7. The Bertz CT molecular complexity index is 817. The first-order valence-corrected chi connectivity index (χ1v) is 9.34. The fourth-order valence-corrected chi connectivity index (χ4v) is 3.43. The van der Waals surface area contributed by atoms with E-state index in [1.54, 1.807) is 38.4 Å². The fraction of sp³-hybridized carbons (Fsp3) is 0.364. The van der Waals surface area contributed by atoms with Crippen LogP contribution in [-0.2, 0) is 11.2 Å². The van der Waals surface area contributed by atoms with Gasteiger partial charge in [-0.15, -0.1) is 0 Å². The molecule has 0 aliphatic heterocycles. The molecule has 3 rings (SSSR count). The Balaban J connectivity index is 1.65. The van der Waals surface area contributed by atoms with Gasteiger partial charge >= 0.3 is 0 Å². The van der Waals surface area contributed by atoms with Crippen LogP contribution in [0.1, 0.15) is 40.2 Å². The number of benzene rings is 2. The van der Waals surface area contributed by atoms with Crippen molar-refractivity contribution in [1.82, 2.24) is 10.2 Å². The molecule has 0 aromatic heterocycles. The maximum atomic E-state index is 12.7. The summed E-state index contributed by atoms with van der Waals surface area (Å²) in [7, 11) is 3.35. The van der Waals surface area contributed by atoms with Crippen LogP contribution in [0.3, 0.4) is 0 Å². The van der Waals surface area contributed by atoms with E-state index >= 15 is 0 Å². The second kappa shape index (κ2) is 8.71. The number of fused-ring (bicyclic) bond motifs is 1. The molecule has 1 aliphatic carbocycles. The van der Waals surface area contributed by atoms with Crippen LogP contribution in [0, 0.1) is 0 Å². The fourth-order valence-electron chi connectivity index (χ4n) is 3.43. The van der Waals surface area contributed by atoms with E-state index in [1.807, 2.05) is 0 Å². The maximum Gasteiger partial charge on any atom is 0.259 e. The highest BCUT2D eigenvalue weighted by molar-refractivity contribution is 5.97. The highest BCUT2D eigenvalue weighted by Gasteiger charge is 2.21. The zero-order valence-corrected chi connectivity index (χ0v) is 15.9. The van der Waals surface area contributed by atoms with Crippen LogP contribution in [0.5, 0.6) is 5.75 Å². The lowest BCUT2D eigenvalue weighted by atomic mass is 9.83. The molecule has 0 spiro atoms. The van der Waals surface area contributed by atoms with Crippen LogP contribution in [-0.4, -0.2) is 44.0 Å². The Morgan fingerprint density at radius 1 is 1.11 bits per heavy atom. The molecule has 0 heterocycles. The molecule has 0 fully saturated rings. The number of carbonyl (C=O) groups excluding carboxylic acids is 2. The first-order valence-electron chi connectivity index (χ1n) is 9.34. The van der Waals surface area contributed by atoms with Crippen LogP contribution in [0.25, 0.3) is 0 Å². The molecule has 2 aromatic carbocycles. The summed E-state index contributed by atoms with van der Waals surface area (Å²) in [6, 6.07) is 15.5. The van der Waals surface area contributed by atoms with Gasteiger partial charge in [-0.3, -0.25) is 9.59 Å². The highest BCUT2D eigenvalue weighted by Crippen LogP contribution is 2.31. The summed E-state index contributed by atoms with van der Waals surface area (Å²) in [6.07, 6.45) is 3.33. The van der Waals surface area contributed by atoms with Gasteiger partial charge in [0.2, 0.25) is 0 Å². The third-order valence-electron chi connectivity index (χ3n) is 4.98. The van der Waals surface area contributed by atoms with Crippen molar-refractivity contribution < 1.29 is 14.3 Å². The molecule has 2 amide bonds. The van der Waals surface area contributed by atoms with E-state index in [1.165, 1.54) is 16.0 Å². The summed E-state index contributed by atoms with van der Waals surface area (Å²) in [5.74, 6) is 0.437. The number of nitrogens with one attached hydrogen (secondary N) is 1. The quantitative estimate of drug-likeness (QED) is 0.855. The van der Waals surface area contributed by atoms with E-state index in [0.717, 1.165) is 19.3 Å². The molecule has 0 saturated carbocycles. The minimum atomic E-state index is -0.175. The van der Waals surface area contributed by atoms with Crippen molar-refractivity contribution in [2.24, 2.45) is 0 Å². The van der Waals surface area contributed by atoms with Gasteiger partial charge in [0.15, 0.2) is 6.61 Å². The Kier molecular flexibility index (Phi) is 6.12. The molecular formula is C22H26N2O3. The van der Waals surface area contributed by atoms with Crippen molar-refractivity contribution in [2.45, 2.75) is 25.2 Å². The monoisotopic (exact) mass is 366 g/mol. The third-order valence-corrected chi connectivity index (χ3v) is 4.98. The highest BCUT2D eigenvalue weighted by atomic mass is 16.5. The predicted molar refractivity (Wildman–Crippen MR) is 105 cm³/mol. The Hall–Kier alpha value is -2.82. The number of likely N-dealkylation sites (N-methyl/N-ethyl adjacent to an activating group) is 1. The Morgan fingerprint density at radius 2 is 1.85 bits per heavy atom. The Labute approximate surface area is 160 Å². The van der Waals surface area contributed by atoms with Gasteiger partial charge in [0.1, 0.15) is 5.75 Å². The Morgan fingerprint density at radius 3 is 2.67 bits per heavy atom. The molecule has 1 N–H and O–H groups in total. The number of nitrogens with zero attached hydrogens (tertiary/aromatic N) is 1. The van der Waals surface area contributed by atoms with Crippen molar-refractivity contribution in [2.75, 3.05) is 27.2 Å². The average molecular weight is 366 g/mol. The summed E-state index contributed by atoms with van der Waals surface area (Å²) < 4.78 is 5.58. The van der Waals surface area contributed by atoms with Gasteiger partial charge in [0.25, 0.3) is 11.8 Å². The summed E-state index contributed by atoms with van der Waals surface area (Å²) in [5, 5.41) is 3.05. The number of carbonyl (C=O) groups is 2. The van der Waals surface area contributed by atoms with E-state index in [-0.39, 0.29) is 18.4 Å². The number of hydrogen-bond donors (Lipinski definition) is 1. The topological polar surface area (TPSA) is 58.6 Å². The zero-order valence-electron chi connectivity index (χ0n) is 15.9. The van der Waals surface area contributed by atoms with Crippen molar-refractivity contribution in [3.8, 4) is 5.75 Å². The zero-order chi connectivity index (χ0) is 19.2. The second-order valence-corrected chi connectivity index (χ2v) is 7.07. The van der Waals surface area contributed by atoms with Crippen LogP contribution >= 0.6 is 0 Å². The van der Waals surface area contributed by atoms with Gasteiger partial charge in [-0.1, -0.05) is 36.4 Å². The van der Waals surface area contributed by atoms with Crippen molar-refractivity contribution in [1.29, 1.82) is 0 Å². The largest absolute Gasteiger partial charge is 0.483 e. The lowest BCUT2D eigenvalue weighted by molar-refractivity contribution is -0.130.